The number of likely N-dealkylation sites (tertiary alicyclic amines) is 1. The molecule has 0 aromatic heterocycles. The van der Waals surface area contributed by atoms with Crippen LogP contribution in [0.1, 0.15) is 19.8 Å². The highest BCUT2D eigenvalue weighted by molar-refractivity contribution is 9.10. The summed E-state index contributed by atoms with van der Waals surface area (Å²) in [5.41, 5.74) is 0. The summed E-state index contributed by atoms with van der Waals surface area (Å²) in [7, 11) is 0. The summed E-state index contributed by atoms with van der Waals surface area (Å²) in [6.45, 7) is 4.73. The molecule has 3 nitrogen and oxygen atoms in total. The number of carbonyl (C=O) groups excluding carboxylic acids is 1. The van der Waals surface area contributed by atoms with Crippen molar-refractivity contribution in [2.45, 2.75) is 30.7 Å². The van der Waals surface area contributed by atoms with Crippen molar-refractivity contribution in [2.24, 2.45) is 5.92 Å². The minimum atomic E-state index is 0.0557. The third-order valence-electron chi connectivity index (χ3n) is 3.22. The maximum Gasteiger partial charge on any atom is 0.236 e. The van der Waals surface area contributed by atoms with Gasteiger partial charge in [0, 0.05) is 25.6 Å². The van der Waals surface area contributed by atoms with Crippen molar-refractivity contribution in [1.29, 1.82) is 0 Å². The molecule has 0 spiro atoms. The van der Waals surface area contributed by atoms with Crippen molar-refractivity contribution < 1.29 is 9.53 Å². The zero-order valence-electron chi connectivity index (χ0n) is 8.41. The van der Waals surface area contributed by atoms with E-state index in [0.717, 1.165) is 32.5 Å². The summed E-state index contributed by atoms with van der Waals surface area (Å²) in [5.74, 6) is 0.792. The zero-order chi connectivity index (χ0) is 10.1. The Kier molecular flexibility index (Phi) is 3.12. The van der Waals surface area contributed by atoms with Crippen molar-refractivity contribution in [2.75, 3.05) is 19.7 Å². The Labute approximate surface area is 92.9 Å². The Morgan fingerprint density at radius 2 is 2.36 bits per heavy atom. The lowest BCUT2D eigenvalue weighted by molar-refractivity contribution is -0.127. The van der Waals surface area contributed by atoms with Gasteiger partial charge in [-0.25, -0.2) is 0 Å². The molecule has 0 aromatic carbocycles. The number of hydrogen-bond acceptors (Lipinski definition) is 2. The van der Waals surface area contributed by atoms with Crippen LogP contribution in [0.3, 0.4) is 0 Å². The molecule has 0 N–H and O–H groups in total. The average molecular weight is 262 g/mol. The number of halogens is 1. The van der Waals surface area contributed by atoms with Crippen LogP contribution in [0.5, 0.6) is 0 Å². The minimum absolute atomic E-state index is 0.0557. The van der Waals surface area contributed by atoms with Gasteiger partial charge in [0.1, 0.15) is 0 Å². The summed E-state index contributed by atoms with van der Waals surface area (Å²) in [5, 5.41) is 0. The molecule has 1 amide bonds. The molecular weight excluding hydrogens is 246 g/mol. The Morgan fingerprint density at radius 3 is 2.86 bits per heavy atom. The van der Waals surface area contributed by atoms with Gasteiger partial charge in [0.2, 0.25) is 5.91 Å². The number of rotatable bonds is 2. The summed E-state index contributed by atoms with van der Waals surface area (Å²) in [4.78, 5) is 13.7. The largest absolute Gasteiger partial charge is 0.378 e. The molecule has 2 heterocycles. The van der Waals surface area contributed by atoms with E-state index in [1.165, 1.54) is 0 Å². The van der Waals surface area contributed by atoms with Crippen LogP contribution in [0.25, 0.3) is 0 Å². The molecule has 0 bridgehead atoms. The van der Waals surface area contributed by atoms with E-state index in [4.69, 9.17) is 4.74 Å². The number of alkyl halides is 1. The molecule has 2 fully saturated rings. The molecule has 4 heteroatoms. The van der Waals surface area contributed by atoms with Crippen LogP contribution in [-0.2, 0) is 9.53 Å². The van der Waals surface area contributed by atoms with Gasteiger partial charge in [-0.2, -0.15) is 0 Å². The Hall–Kier alpha value is -0.0900. The van der Waals surface area contributed by atoms with Gasteiger partial charge in [0.05, 0.1) is 10.9 Å². The summed E-state index contributed by atoms with van der Waals surface area (Å²) < 4.78 is 5.49. The highest BCUT2D eigenvalue weighted by Crippen LogP contribution is 2.25. The number of nitrogens with zero attached hydrogens (tertiary/aromatic N) is 1. The quantitative estimate of drug-likeness (QED) is 0.704. The van der Waals surface area contributed by atoms with Gasteiger partial charge in [0.25, 0.3) is 0 Å². The summed E-state index contributed by atoms with van der Waals surface area (Å²) in [6.07, 6.45) is 2.36. The van der Waals surface area contributed by atoms with Crippen LogP contribution in [0.2, 0.25) is 0 Å². The molecule has 2 aliphatic rings. The van der Waals surface area contributed by atoms with E-state index in [1.807, 2.05) is 4.90 Å². The smallest absolute Gasteiger partial charge is 0.236 e. The van der Waals surface area contributed by atoms with Gasteiger partial charge in [-0.15, -0.1) is 0 Å². The van der Waals surface area contributed by atoms with Crippen molar-refractivity contribution >= 4 is 21.8 Å². The molecule has 2 saturated heterocycles. The van der Waals surface area contributed by atoms with Crippen LogP contribution in [0, 0.1) is 5.92 Å². The van der Waals surface area contributed by atoms with Crippen molar-refractivity contribution in [1.82, 2.24) is 4.90 Å². The first-order valence-corrected chi connectivity index (χ1v) is 6.14. The highest BCUT2D eigenvalue weighted by atomic mass is 79.9. The van der Waals surface area contributed by atoms with Crippen LogP contribution in [0.15, 0.2) is 0 Å². The molecule has 3 unspecified atom stereocenters. The Balaban J connectivity index is 1.88. The lowest BCUT2D eigenvalue weighted by Crippen LogP contribution is -2.34. The first kappa shape index (κ1) is 10.4. The fourth-order valence-electron chi connectivity index (χ4n) is 2.18. The third kappa shape index (κ3) is 1.96. The van der Waals surface area contributed by atoms with E-state index in [-0.39, 0.29) is 10.7 Å². The van der Waals surface area contributed by atoms with Gasteiger partial charge in [-0.1, -0.05) is 15.9 Å². The molecule has 14 heavy (non-hydrogen) atoms. The van der Waals surface area contributed by atoms with Crippen molar-refractivity contribution in [3.8, 4) is 0 Å². The maximum atomic E-state index is 11.6. The summed E-state index contributed by atoms with van der Waals surface area (Å²) >= 11 is 3.39. The van der Waals surface area contributed by atoms with Gasteiger partial charge < -0.3 is 9.64 Å². The molecule has 3 atom stereocenters. The normalized spacial score (nSPS) is 38.3. The van der Waals surface area contributed by atoms with E-state index in [1.54, 1.807) is 0 Å². The van der Waals surface area contributed by atoms with Crippen molar-refractivity contribution in [3.63, 3.8) is 0 Å². The monoisotopic (exact) mass is 261 g/mol. The third-order valence-corrected chi connectivity index (χ3v) is 4.07. The second-order valence-electron chi connectivity index (χ2n) is 4.17. The van der Waals surface area contributed by atoms with Crippen molar-refractivity contribution in [3.05, 3.63) is 0 Å². The lowest BCUT2D eigenvalue weighted by atomic mass is 10.0. The van der Waals surface area contributed by atoms with Crippen LogP contribution < -0.4 is 0 Å². The van der Waals surface area contributed by atoms with Gasteiger partial charge in [0.15, 0.2) is 0 Å². The first-order chi connectivity index (χ1) is 6.68. The predicted octanol–water partition coefficient (Wildman–Crippen LogP) is 1.41. The van der Waals surface area contributed by atoms with E-state index >= 15 is 0 Å². The first-order valence-electron chi connectivity index (χ1n) is 5.23. The van der Waals surface area contributed by atoms with E-state index < -0.39 is 0 Å². The molecule has 2 aliphatic heterocycles. The van der Waals surface area contributed by atoms with E-state index in [9.17, 15) is 4.79 Å². The van der Waals surface area contributed by atoms with Gasteiger partial charge in [-0.3, -0.25) is 4.79 Å². The standard InChI is InChI=1S/C10H16BrNO2/c1-7-8(3-5-14-7)6-12-4-2-9(11)10(12)13/h7-9H,2-6H2,1H3. The SMILES string of the molecule is CC1OCCC1CN1CCC(Br)C1=O. The fraction of sp³-hybridized carbons (Fsp3) is 0.900. The fourth-order valence-corrected chi connectivity index (χ4v) is 2.68. The van der Waals surface area contributed by atoms with Crippen LogP contribution in [0.4, 0.5) is 0 Å². The molecule has 80 valence electrons. The predicted molar refractivity (Wildman–Crippen MR) is 57.4 cm³/mol. The molecular formula is C10H16BrNO2. The Morgan fingerprint density at radius 1 is 1.57 bits per heavy atom. The molecule has 0 radical (unpaired) electrons. The van der Waals surface area contributed by atoms with Gasteiger partial charge in [-0.05, 0) is 19.8 Å². The van der Waals surface area contributed by atoms with Crippen LogP contribution >= 0.6 is 15.9 Å². The highest BCUT2D eigenvalue weighted by Gasteiger charge is 2.33. The lowest BCUT2D eigenvalue weighted by Gasteiger charge is -2.22. The minimum Gasteiger partial charge on any atom is -0.378 e. The number of amides is 1. The second kappa shape index (κ2) is 4.19. The van der Waals surface area contributed by atoms with Gasteiger partial charge >= 0.3 is 0 Å². The van der Waals surface area contributed by atoms with Crippen LogP contribution in [-0.4, -0.2) is 41.4 Å². The maximum absolute atomic E-state index is 11.6. The number of ether oxygens (including phenoxy) is 1. The second-order valence-corrected chi connectivity index (χ2v) is 5.27. The van der Waals surface area contributed by atoms with E-state index in [0.29, 0.717) is 12.0 Å². The molecule has 2 rings (SSSR count). The van der Waals surface area contributed by atoms with E-state index in [2.05, 4.69) is 22.9 Å². The topological polar surface area (TPSA) is 29.5 Å². The molecule has 0 aromatic rings. The molecule has 0 aliphatic carbocycles. The average Bonchev–Trinajstić information content (AvgIpc) is 2.68. The summed E-state index contributed by atoms with van der Waals surface area (Å²) in [6, 6.07) is 0. The zero-order valence-corrected chi connectivity index (χ0v) is 10.00. The molecule has 0 saturated carbocycles. The number of carbonyl (C=O) groups is 1. The number of hydrogen-bond donors (Lipinski definition) is 0. The Bertz CT molecular complexity index is 234.